The van der Waals surface area contributed by atoms with Gasteiger partial charge in [0.15, 0.2) is 5.79 Å². The monoisotopic (exact) mass is 398 g/mol. The van der Waals surface area contributed by atoms with Crippen LogP contribution in [0.2, 0.25) is 0 Å². The first-order valence-electron chi connectivity index (χ1n) is 10.3. The lowest BCUT2D eigenvalue weighted by Crippen LogP contribution is -2.25. The smallest absolute Gasteiger partial charge is 0.163 e. The fraction of sp³-hybridized carbons (Fsp3) is 0.500. The van der Waals surface area contributed by atoms with E-state index >= 15 is 0 Å². The Bertz CT molecular complexity index is 811. The van der Waals surface area contributed by atoms with E-state index in [4.69, 9.17) is 23.7 Å². The molecule has 2 aromatic rings. The molecule has 2 heterocycles. The fourth-order valence-electron chi connectivity index (χ4n) is 3.45. The Labute approximate surface area is 172 Å². The maximum absolute atomic E-state index is 5.96. The number of hydrogen-bond acceptors (Lipinski definition) is 5. The zero-order chi connectivity index (χ0) is 20.3. The standard InChI is InChI=1S/C24H30O5/c1-17-12-19(8-11-23(17)27-15-22-16-28-24(2,3)29-22)5-4-18-6-9-20(10-7-18)25-13-21-14-26-21/h6-12,21-22H,4-5,13-16H2,1-3H3/t21-,22-/m0/s1. The molecule has 2 fully saturated rings. The van der Waals surface area contributed by atoms with Crippen molar-refractivity contribution in [3.63, 3.8) is 0 Å². The van der Waals surface area contributed by atoms with Crippen LogP contribution in [0.5, 0.6) is 11.5 Å². The zero-order valence-corrected chi connectivity index (χ0v) is 17.5. The third-order valence-corrected chi connectivity index (χ3v) is 5.20. The largest absolute Gasteiger partial charge is 0.491 e. The van der Waals surface area contributed by atoms with Gasteiger partial charge in [-0.15, -0.1) is 0 Å². The summed E-state index contributed by atoms with van der Waals surface area (Å²) in [5.74, 6) is 1.30. The van der Waals surface area contributed by atoms with E-state index in [0.717, 1.165) is 36.5 Å². The summed E-state index contributed by atoms with van der Waals surface area (Å²) in [5.41, 5.74) is 3.76. The van der Waals surface area contributed by atoms with Crippen molar-refractivity contribution in [2.75, 3.05) is 26.4 Å². The molecule has 0 spiro atoms. The molecule has 0 aliphatic carbocycles. The van der Waals surface area contributed by atoms with E-state index in [1.165, 1.54) is 11.1 Å². The van der Waals surface area contributed by atoms with E-state index in [1.54, 1.807) is 0 Å². The highest BCUT2D eigenvalue weighted by molar-refractivity contribution is 5.37. The first-order chi connectivity index (χ1) is 14.0. The van der Waals surface area contributed by atoms with Crippen molar-refractivity contribution in [2.24, 2.45) is 0 Å². The predicted molar refractivity (Wildman–Crippen MR) is 111 cm³/mol. The summed E-state index contributed by atoms with van der Waals surface area (Å²) < 4.78 is 28.2. The van der Waals surface area contributed by atoms with Crippen molar-refractivity contribution in [3.8, 4) is 11.5 Å². The summed E-state index contributed by atoms with van der Waals surface area (Å²) in [5, 5.41) is 0. The molecule has 2 saturated heterocycles. The molecular weight excluding hydrogens is 368 g/mol. The van der Waals surface area contributed by atoms with Crippen LogP contribution >= 0.6 is 0 Å². The molecule has 0 radical (unpaired) electrons. The van der Waals surface area contributed by atoms with Crippen molar-refractivity contribution in [3.05, 3.63) is 59.2 Å². The maximum Gasteiger partial charge on any atom is 0.163 e. The molecular formula is C24H30O5. The Balaban J connectivity index is 1.24. The van der Waals surface area contributed by atoms with Crippen LogP contribution in [0.1, 0.15) is 30.5 Å². The minimum absolute atomic E-state index is 0.0205. The highest BCUT2D eigenvalue weighted by atomic mass is 16.7. The van der Waals surface area contributed by atoms with E-state index in [0.29, 0.717) is 19.8 Å². The summed E-state index contributed by atoms with van der Waals surface area (Å²) in [6.07, 6.45) is 2.25. The van der Waals surface area contributed by atoms with E-state index in [1.807, 2.05) is 26.0 Å². The predicted octanol–water partition coefficient (Wildman–Crippen LogP) is 4.09. The van der Waals surface area contributed by atoms with E-state index in [-0.39, 0.29) is 12.2 Å². The molecule has 0 bridgehead atoms. The summed E-state index contributed by atoms with van der Waals surface area (Å²) in [6, 6.07) is 14.8. The summed E-state index contributed by atoms with van der Waals surface area (Å²) in [7, 11) is 0. The Morgan fingerprint density at radius 1 is 0.897 bits per heavy atom. The number of hydrogen-bond donors (Lipinski definition) is 0. The van der Waals surface area contributed by atoms with Crippen molar-refractivity contribution in [1.82, 2.24) is 0 Å². The second-order valence-electron chi connectivity index (χ2n) is 8.27. The molecule has 0 N–H and O–H groups in total. The van der Waals surface area contributed by atoms with E-state index in [2.05, 4.69) is 37.3 Å². The molecule has 0 amide bonds. The lowest BCUT2D eigenvalue weighted by Gasteiger charge is -2.18. The first kappa shape index (κ1) is 20.2. The van der Waals surface area contributed by atoms with Crippen molar-refractivity contribution < 1.29 is 23.7 Å². The number of aryl methyl sites for hydroxylation is 3. The van der Waals surface area contributed by atoms with Gasteiger partial charge >= 0.3 is 0 Å². The van der Waals surface area contributed by atoms with Crippen molar-refractivity contribution in [1.29, 1.82) is 0 Å². The van der Waals surface area contributed by atoms with Crippen LogP contribution in [0.25, 0.3) is 0 Å². The number of ether oxygens (including phenoxy) is 5. The molecule has 0 saturated carbocycles. The van der Waals surface area contributed by atoms with Gasteiger partial charge in [0.05, 0.1) is 13.2 Å². The van der Waals surface area contributed by atoms with Gasteiger partial charge in [0.1, 0.15) is 36.9 Å². The van der Waals surface area contributed by atoms with Gasteiger partial charge in [-0.25, -0.2) is 0 Å². The molecule has 2 aliphatic heterocycles. The maximum atomic E-state index is 5.96. The Kier molecular flexibility index (Phi) is 6.09. The lowest BCUT2D eigenvalue weighted by atomic mass is 10.0. The highest BCUT2D eigenvalue weighted by Crippen LogP contribution is 2.25. The average Bonchev–Trinajstić information content (AvgIpc) is 3.47. The van der Waals surface area contributed by atoms with Gasteiger partial charge in [-0.05, 0) is 68.5 Å². The molecule has 2 aliphatic rings. The molecule has 0 aromatic heterocycles. The topological polar surface area (TPSA) is 49.5 Å². The highest BCUT2D eigenvalue weighted by Gasteiger charge is 2.33. The third kappa shape index (κ3) is 5.95. The summed E-state index contributed by atoms with van der Waals surface area (Å²) in [6.45, 7) is 8.48. The fourth-order valence-corrected chi connectivity index (χ4v) is 3.45. The molecule has 4 rings (SSSR count). The summed E-state index contributed by atoms with van der Waals surface area (Å²) in [4.78, 5) is 0. The van der Waals surface area contributed by atoms with Gasteiger partial charge < -0.3 is 23.7 Å². The molecule has 5 heteroatoms. The zero-order valence-electron chi connectivity index (χ0n) is 17.5. The van der Waals surface area contributed by atoms with E-state index in [9.17, 15) is 0 Å². The normalized spacial score (nSPS) is 22.4. The van der Waals surface area contributed by atoms with Crippen LogP contribution < -0.4 is 9.47 Å². The molecule has 5 nitrogen and oxygen atoms in total. The quantitative estimate of drug-likeness (QED) is 0.596. The Morgan fingerprint density at radius 3 is 2.24 bits per heavy atom. The van der Waals surface area contributed by atoms with Crippen LogP contribution in [0.3, 0.4) is 0 Å². The molecule has 0 unspecified atom stereocenters. The lowest BCUT2D eigenvalue weighted by molar-refractivity contribution is -0.141. The Morgan fingerprint density at radius 2 is 1.59 bits per heavy atom. The van der Waals surface area contributed by atoms with Crippen LogP contribution in [-0.4, -0.2) is 44.4 Å². The molecule has 2 atom stereocenters. The van der Waals surface area contributed by atoms with Crippen LogP contribution in [0.4, 0.5) is 0 Å². The first-order valence-corrected chi connectivity index (χ1v) is 10.3. The third-order valence-electron chi connectivity index (χ3n) is 5.20. The SMILES string of the molecule is Cc1cc(CCc2ccc(OC[C@H]3CO3)cc2)ccc1OC[C@H]1COC(C)(C)O1. The minimum atomic E-state index is -0.511. The number of benzene rings is 2. The second kappa shape index (κ2) is 8.74. The minimum Gasteiger partial charge on any atom is -0.491 e. The number of rotatable bonds is 9. The average molecular weight is 398 g/mol. The number of epoxide rings is 1. The molecule has 29 heavy (non-hydrogen) atoms. The second-order valence-corrected chi connectivity index (χ2v) is 8.27. The molecule has 2 aromatic carbocycles. The van der Waals surface area contributed by atoms with Crippen molar-refractivity contribution in [2.45, 2.75) is 51.6 Å². The van der Waals surface area contributed by atoms with Gasteiger partial charge in [0.2, 0.25) is 0 Å². The van der Waals surface area contributed by atoms with Gasteiger partial charge in [-0.3, -0.25) is 0 Å². The molecule has 156 valence electrons. The summed E-state index contributed by atoms with van der Waals surface area (Å²) >= 11 is 0. The van der Waals surface area contributed by atoms with Crippen LogP contribution in [-0.2, 0) is 27.1 Å². The van der Waals surface area contributed by atoms with Crippen LogP contribution in [0, 0.1) is 6.92 Å². The van der Waals surface area contributed by atoms with E-state index < -0.39 is 5.79 Å². The Hall–Kier alpha value is -2.08. The van der Waals surface area contributed by atoms with Gasteiger partial charge in [0.25, 0.3) is 0 Å². The van der Waals surface area contributed by atoms with Gasteiger partial charge in [0, 0.05) is 0 Å². The van der Waals surface area contributed by atoms with Crippen molar-refractivity contribution >= 4 is 0 Å². The van der Waals surface area contributed by atoms with Gasteiger partial charge in [-0.1, -0.05) is 24.3 Å². The van der Waals surface area contributed by atoms with Crippen LogP contribution in [0.15, 0.2) is 42.5 Å². The van der Waals surface area contributed by atoms with Gasteiger partial charge in [-0.2, -0.15) is 0 Å².